The molecule has 3 rings (SSSR count). The quantitative estimate of drug-likeness (QED) is 0.772. The second-order valence-electron chi connectivity index (χ2n) is 6.68. The number of amides is 2. The Hall–Kier alpha value is -2.18. The smallest absolute Gasteiger partial charge is 0.234 e. The Labute approximate surface area is 174 Å². The number of carbonyl (C=O) groups is 2. The summed E-state index contributed by atoms with van der Waals surface area (Å²) in [4.78, 5) is 26.6. The van der Waals surface area contributed by atoms with Gasteiger partial charge in [-0.25, -0.2) is 0 Å². The first-order valence-corrected chi connectivity index (χ1v) is 10.6. The predicted octanol–water partition coefficient (Wildman–Crippen LogP) is 3.91. The van der Waals surface area contributed by atoms with Crippen molar-refractivity contribution in [2.24, 2.45) is 0 Å². The number of methoxy groups -OCH3 is 1. The molecule has 2 aromatic carbocycles. The van der Waals surface area contributed by atoms with Crippen LogP contribution in [0.5, 0.6) is 5.75 Å². The summed E-state index contributed by atoms with van der Waals surface area (Å²) >= 11 is 7.40. The Bertz CT molecular complexity index is 888. The number of fused-ring (bicyclic) bond motifs is 1. The van der Waals surface area contributed by atoms with Gasteiger partial charge in [-0.05, 0) is 36.1 Å². The van der Waals surface area contributed by atoms with E-state index < -0.39 is 0 Å². The van der Waals surface area contributed by atoms with Gasteiger partial charge in [0.05, 0.1) is 24.3 Å². The molecule has 148 valence electrons. The summed E-state index contributed by atoms with van der Waals surface area (Å²) in [6.07, 6.45) is 0.878. The molecule has 0 bridgehead atoms. The van der Waals surface area contributed by atoms with E-state index in [0.29, 0.717) is 23.0 Å². The Morgan fingerprint density at radius 3 is 2.71 bits per heavy atom. The minimum absolute atomic E-state index is 0.0622. The van der Waals surface area contributed by atoms with Gasteiger partial charge in [-0.3, -0.25) is 9.59 Å². The number of nitrogens with zero attached hydrogens (tertiary/aromatic N) is 1. The van der Waals surface area contributed by atoms with E-state index in [1.807, 2.05) is 24.0 Å². The van der Waals surface area contributed by atoms with Crippen molar-refractivity contribution in [3.63, 3.8) is 0 Å². The number of hydrogen-bond donors (Lipinski definition) is 1. The van der Waals surface area contributed by atoms with Crippen LogP contribution in [-0.2, 0) is 22.6 Å². The SMILES string of the molecule is COc1cc(Cl)c(C)cc1NC(=O)CSCC(=O)N1CCc2ccccc2C1. The zero-order valence-electron chi connectivity index (χ0n) is 16.0. The van der Waals surface area contributed by atoms with E-state index in [2.05, 4.69) is 17.4 Å². The first-order chi connectivity index (χ1) is 13.5. The molecule has 2 aromatic rings. The minimum Gasteiger partial charge on any atom is -0.495 e. The lowest BCUT2D eigenvalue weighted by Gasteiger charge is -2.28. The molecule has 1 aliphatic heterocycles. The average Bonchev–Trinajstić information content (AvgIpc) is 2.70. The van der Waals surface area contributed by atoms with Gasteiger partial charge >= 0.3 is 0 Å². The third kappa shape index (κ3) is 5.00. The topological polar surface area (TPSA) is 58.6 Å². The molecule has 0 spiro atoms. The lowest BCUT2D eigenvalue weighted by molar-refractivity contribution is -0.129. The van der Waals surface area contributed by atoms with Gasteiger partial charge in [-0.2, -0.15) is 0 Å². The van der Waals surface area contributed by atoms with Crippen molar-refractivity contribution in [1.82, 2.24) is 4.90 Å². The number of ether oxygens (including phenoxy) is 1. The molecule has 1 N–H and O–H groups in total. The molecule has 0 aromatic heterocycles. The second kappa shape index (κ2) is 9.34. The van der Waals surface area contributed by atoms with Crippen LogP contribution in [0.4, 0.5) is 5.69 Å². The molecule has 0 saturated heterocycles. The van der Waals surface area contributed by atoms with Crippen molar-refractivity contribution < 1.29 is 14.3 Å². The van der Waals surface area contributed by atoms with Crippen LogP contribution in [0, 0.1) is 6.92 Å². The van der Waals surface area contributed by atoms with Gasteiger partial charge in [-0.15, -0.1) is 11.8 Å². The van der Waals surface area contributed by atoms with E-state index in [9.17, 15) is 9.59 Å². The second-order valence-corrected chi connectivity index (χ2v) is 8.07. The Balaban J connectivity index is 1.48. The molecule has 0 aliphatic carbocycles. The fourth-order valence-electron chi connectivity index (χ4n) is 3.15. The normalized spacial score (nSPS) is 13.0. The maximum absolute atomic E-state index is 12.5. The highest BCUT2D eigenvalue weighted by Gasteiger charge is 2.20. The Kier molecular flexibility index (Phi) is 6.86. The van der Waals surface area contributed by atoms with Gasteiger partial charge in [0, 0.05) is 24.2 Å². The summed E-state index contributed by atoms with van der Waals surface area (Å²) in [6, 6.07) is 11.7. The van der Waals surface area contributed by atoms with E-state index in [-0.39, 0.29) is 23.3 Å². The Morgan fingerprint density at radius 2 is 1.96 bits per heavy atom. The first kappa shape index (κ1) is 20.6. The third-order valence-corrected chi connectivity index (χ3v) is 6.02. The van der Waals surface area contributed by atoms with Crippen molar-refractivity contribution in [3.05, 3.63) is 58.1 Å². The van der Waals surface area contributed by atoms with Crippen LogP contribution < -0.4 is 10.1 Å². The van der Waals surface area contributed by atoms with Crippen LogP contribution in [0.15, 0.2) is 36.4 Å². The summed E-state index contributed by atoms with van der Waals surface area (Å²) in [5, 5.41) is 3.41. The maximum atomic E-state index is 12.5. The number of benzene rings is 2. The predicted molar refractivity (Wildman–Crippen MR) is 114 cm³/mol. The number of carbonyl (C=O) groups excluding carboxylic acids is 2. The first-order valence-electron chi connectivity index (χ1n) is 9.04. The molecule has 0 unspecified atom stereocenters. The van der Waals surface area contributed by atoms with Crippen LogP contribution in [0.2, 0.25) is 5.02 Å². The highest BCUT2D eigenvalue weighted by atomic mass is 35.5. The molecular formula is C21H23ClN2O3S. The summed E-state index contributed by atoms with van der Waals surface area (Å²) in [5.74, 6) is 0.874. The van der Waals surface area contributed by atoms with Gasteiger partial charge < -0.3 is 15.0 Å². The number of halogens is 1. The van der Waals surface area contributed by atoms with Gasteiger partial charge in [0.1, 0.15) is 5.75 Å². The van der Waals surface area contributed by atoms with E-state index in [0.717, 1.165) is 18.5 Å². The molecule has 28 heavy (non-hydrogen) atoms. The Morgan fingerprint density at radius 1 is 1.21 bits per heavy atom. The number of nitrogens with one attached hydrogen (secondary N) is 1. The summed E-state index contributed by atoms with van der Waals surface area (Å²) in [6.45, 7) is 3.23. The molecule has 0 radical (unpaired) electrons. The maximum Gasteiger partial charge on any atom is 0.234 e. The number of aryl methyl sites for hydroxylation is 1. The molecule has 1 heterocycles. The molecular weight excluding hydrogens is 396 g/mol. The summed E-state index contributed by atoms with van der Waals surface area (Å²) in [5.41, 5.74) is 3.95. The standard InChI is InChI=1S/C21H23ClN2O3S/c1-14-9-18(19(27-2)10-17(14)22)23-20(25)12-28-13-21(26)24-8-7-15-5-3-4-6-16(15)11-24/h3-6,9-10H,7-8,11-13H2,1-2H3,(H,23,25). The zero-order valence-corrected chi connectivity index (χ0v) is 17.5. The van der Waals surface area contributed by atoms with Crippen LogP contribution in [0.1, 0.15) is 16.7 Å². The number of hydrogen-bond acceptors (Lipinski definition) is 4. The number of rotatable bonds is 6. The largest absolute Gasteiger partial charge is 0.495 e. The van der Waals surface area contributed by atoms with Gasteiger partial charge in [-0.1, -0.05) is 35.9 Å². The minimum atomic E-state index is -0.179. The number of thioether (sulfide) groups is 1. The van der Waals surface area contributed by atoms with Crippen molar-refractivity contribution in [3.8, 4) is 5.75 Å². The zero-order chi connectivity index (χ0) is 20.1. The van der Waals surface area contributed by atoms with E-state index >= 15 is 0 Å². The molecule has 0 fully saturated rings. The van der Waals surface area contributed by atoms with Gasteiger partial charge in [0.2, 0.25) is 11.8 Å². The van der Waals surface area contributed by atoms with Crippen LogP contribution in [0.25, 0.3) is 0 Å². The average molecular weight is 419 g/mol. The third-order valence-electron chi connectivity index (χ3n) is 4.70. The molecule has 5 nitrogen and oxygen atoms in total. The van der Waals surface area contributed by atoms with E-state index in [1.54, 1.807) is 12.1 Å². The molecule has 0 saturated carbocycles. The van der Waals surface area contributed by atoms with Crippen LogP contribution in [-0.4, -0.2) is 41.9 Å². The number of anilines is 1. The van der Waals surface area contributed by atoms with Crippen molar-refractivity contribution >= 4 is 40.9 Å². The fourth-order valence-corrected chi connectivity index (χ4v) is 4.02. The molecule has 2 amide bonds. The highest BCUT2D eigenvalue weighted by Crippen LogP contribution is 2.31. The van der Waals surface area contributed by atoms with Crippen molar-refractivity contribution in [2.75, 3.05) is 30.5 Å². The fraction of sp³-hybridized carbons (Fsp3) is 0.333. The van der Waals surface area contributed by atoms with Crippen LogP contribution >= 0.6 is 23.4 Å². The van der Waals surface area contributed by atoms with Crippen LogP contribution in [0.3, 0.4) is 0 Å². The highest BCUT2D eigenvalue weighted by molar-refractivity contribution is 8.00. The molecule has 1 aliphatic rings. The monoisotopic (exact) mass is 418 g/mol. The summed E-state index contributed by atoms with van der Waals surface area (Å²) in [7, 11) is 1.53. The van der Waals surface area contributed by atoms with Gasteiger partial charge in [0.25, 0.3) is 0 Å². The lowest BCUT2D eigenvalue weighted by Crippen LogP contribution is -2.37. The van der Waals surface area contributed by atoms with Crippen molar-refractivity contribution in [1.29, 1.82) is 0 Å². The van der Waals surface area contributed by atoms with Gasteiger partial charge in [0.15, 0.2) is 0 Å². The van der Waals surface area contributed by atoms with E-state index in [4.69, 9.17) is 16.3 Å². The van der Waals surface area contributed by atoms with E-state index in [1.165, 1.54) is 30.0 Å². The molecule has 7 heteroatoms. The van der Waals surface area contributed by atoms with Crippen molar-refractivity contribution in [2.45, 2.75) is 19.9 Å². The summed E-state index contributed by atoms with van der Waals surface area (Å²) < 4.78 is 5.27. The lowest BCUT2D eigenvalue weighted by atomic mass is 10.00. The molecule has 0 atom stereocenters.